The molecule has 5 nitrogen and oxygen atoms in total. The smallest absolute Gasteiger partial charge is 0.231 e. The lowest BCUT2D eigenvalue weighted by Crippen LogP contribution is -2.19. The standard InChI is InChI=1S/C19H22O5S/c1-10-13(18(22-5)17(21-4)11(2)20-3)6-12-7-15-16(24-9-23-15)8-14(12)19(10)25/h7-8,13,25H,2,6,9H2,1,3-5H3/b18-17-. The van der Waals surface area contributed by atoms with Crippen molar-refractivity contribution in [2.24, 2.45) is 5.92 Å². The van der Waals surface area contributed by atoms with Crippen molar-refractivity contribution in [3.8, 4) is 11.5 Å². The van der Waals surface area contributed by atoms with Gasteiger partial charge >= 0.3 is 0 Å². The van der Waals surface area contributed by atoms with Gasteiger partial charge in [-0.1, -0.05) is 6.58 Å². The number of thiol groups is 1. The molecule has 1 heterocycles. The third-order valence-corrected chi connectivity index (χ3v) is 5.23. The van der Waals surface area contributed by atoms with Gasteiger partial charge in [-0.2, -0.15) is 0 Å². The number of allylic oxidation sites excluding steroid dienone is 1. The molecule has 3 rings (SSSR count). The zero-order valence-electron chi connectivity index (χ0n) is 14.8. The molecule has 0 spiro atoms. The van der Waals surface area contributed by atoms with Crippen LogP contribution in [0.2, 0.25) is 0 Å². The first-order valence-corrected chi connectivity index (χ1v) is 8.34. The Balaban J connectivity index is 2.10. The van der Waals surface area contributed by atoms with Crippen LogP contribution in [-0.4, -0.2) is 28.1 Å². The van der Waals surface area contributed by atoms with Crippen molar-refractivity contribution in [3.63, 3.8) is 0 Å². The molecule has 1 atom stereocenters. The number of rotatable bonds is 5. The van der Waals surface area contributed by atoms with Crippen LogP contribution < -0.4 is 9.47 Å². The molecule has 0 bridgehead atoms. The highest BCUT2D eigenvalue weighted by molar-refractivity contribution is 7.90. The Morgan fingerprint density at radius 3 is 2.40 bits per heavy atom. The Morgan fingerprint density at radius 2 is 1.80 bits per heavy atom. The summed E-state index contributed by atoms with van der Waals surface area (Å²) in [6, 6.07) is 4.00. The average molecular weight is 362 g/mol. The SMILES string of the molecule is C=C(OC)/C(OC)=C(/OC)C1Cc2cc3c(cc2C(S)=C1C)OCO3. The lowest BCUT2D eigenvalue weighted by molar-refractivity contribution is 0.170. The highest BCUT2D eigenvalue weighted by Crippen LogP contribution is 2.46. The van der Waals surface area contributed by atoms with Crippen molar-refractivity contribution in [1.82, 2.24) is 0 Å². The van der Waals surface area contributed by atoms with E-state index in [-0.39, 0.29) is 12.7 Å². The highest BCUT2D eigenvalue weighted by atomic mass is 32.1. The van der Waals surface area contributed by atoms with Gasteiger partial charge in [0.2, 0.25) is 6.79 Å². The third kappa shape index (κ3) is 2.95. The summed E-state index contributed by atoms with van der Waals surface area (Å²) in [5.41, 5.74) is 3.27. The predicted octanol–water partition coefficient (Wildman–Crippen LogP) is 3.91. The number of methoxy groups -OCH3 is 3. The first-order valence-electron chi connectivity index (χ1n) is 7.89. The van der Waals surface area contributed by atoms with E-state index in [9.17, 15) is 0 Å². The molecule has 1 aliphatic carbocycles. The summed E-state index contributed by atoms with van der Waals surface area (Å²) in [6.07, 6.45) is 0.731. The van der Waals surface area contributed by atoms with Crippen molar-refractivity contribution < 1.29 is 23.7 Å². The van der Waals surface area contributed by atoms with Crippen LogP contribution in [0.4, 0.5) is 0 Å². The van der Waals surface area contributed by atoms with Gasteiger partial charge in [-0.15, -0.1) is 12.6 Å². The molecule has 25 heavy (non-hydrogen) atoms. The number of hydrogen-bond donors (Lipinski definition) is 1. The Labute approximate surface area is 153 Å². The van der Waals surface area contributed by atoms with E-state index in [4.69, 9.17) is 36.3 Å². The number of benzene rings is 1. The summed E-state index contributed by atoms with van der Waals surface area (Å²) in [5, 5.41) is 0. The maximum Gasteiger partial charge on any atom is 0.231 e. The van der Waals surface area contributed by atoms with E-state index in [2.05, 4.69) is 6.58 Å². The van der Waals surface area contributed by atoms with Crippen LogP contribution in [0, 0.1) is 5.92 Å². The van der Waals surface area contributed by atoms with Crippen LogP contribution in [0.15, 0.2) is 41.6 Å². The van der Waals surface area contributed by atoms with Gasteiger partial charge in [0.25, 0.3) is 0 Å². The summed E-state index contributed by atoms with van der Waals surface area (Å²) in [4.78, 5) is 0.901. The first-order chi connectivity index (χ1) is 12.0. The van der Waals surface area contributed by atoms with Crippen LogP contribution in [0.1, 0.15) is 18.1 Å². The van der Waals surface area contributed by atoms with Gasteiger partial charge < -0.3 is 23.7 Å². The Hall–Kier alpha value is -2.21. The van der Waals surface area contributed by atoms with Crippen molar-refractivity contribution >= 4 is 17.5 Å². The second-order valence-electron chi connectivity index (χ2n) is 5.88. The van der Waals surface area contributed by atoms with E-state index in [1.54, 1.807) is 21.3 Å². The summed E-state index contributed by atoms with van der Waals surface area (Å²) in [7, 11) is 4.75. The topological polar surface area (TPSA) is 46.2 Å². The molecule has 0 fully saturated rings. The van der Waals surface area contributed by atoms with Gasteiger partial charge in [0.05, 0.1) is 21.3 Å². The fraction of sp³-hybridized carbons (Fsp3) is 0.368. The minimum atomic E-state index is -0.0350. The molecule has 0 saturated heterocycles. The van der Waals surface area contributed by atoms with Gasteiger partial charge in [-0.3, -0.25) is 0 Å². The lowest BCUT2D eigenvalue weighted by atomic mass is 9.82. The predicted molar refractivity (Wildman–Crippen MR) is 98.5 cm³/mol. The van der Waals surface area contributed by atoms with Gasteiger partial charge in [0.1, 0.15) is 5.76 Å². The minimum absolute atomic E-state index is 0.0350. The minimum Gasteiger partial charge on any atom is -0.496 e. The van der Waals surface area contributed by atoms with Crippen molar-refractivity contribution in [3.05, 3.63) is 52.7 Å². The normalized spacial score (nSPS) is 19.2. The Bertz CT molecular complexity index is 778. The summed E-state index contributed by atoms with van der Waals surface area (Å²) in [5.74, 6) is 3.07. The fourth-order valence-electron chi connectivity index (χ4n) is 3.25. The number of hydrogen-bond acceptors (Lipinski definition) is 6. The molecule has 0 aromatic heterocycles. The van der Waals surface area contributed by atoms with Gasteiger partial charge in [-0.05, 0) is 42.2 Å². The van der Waals surface area contributed by atoms with Crippen molar-refractivity contribution in [1.29, 1.82) is 0 Å². The van der Waals surface area contributed by atoms with E-state index in [1.807, 2.05) is 19.1 Å². The molecule has 1 aromatic carbocycles. The first kappa shape index (κ1) is 17.6. The molecule has 134 valence electrons. The number of ether oxygens (including phenoxy) is 5. The summed E-state index contributed by atoms with van der Waals surface area (Å²) < 4.78 is 27.4. The van der Waals surface area contributed by atoms with Gasteiger partial charge in [0.15, 0.2) is 23.0 Å². The summed E-state index contributed by atoms with van der Waals surface area (Å²) in [6.45, 7) is 6.18. The zero-order valence-corrected chi connectivity index (χ0v) is 15.7. The van der Waals surface area contributed by atoms with Gasteiger partial charge in [0, 0.05) is 10.8 Å². The van der Waals surface area contributed by atoms with Crippen LogP contribution >= 0.6 is 12.6 Å². The molecule has 0 radical (unpaired) electrons. The molecule has 1 aliphatic heterocycles. The molecule has 0 amide bonds. The quantitative estimate of drug-likeness (QED) is 0.489. The molecule has 0 saturated carbocycles. The second kappa shape index (κ2) is 6.96. The molecule has 2 aliphatic rings. The highest BCUT2D eigenvalue weighted by Gasteiger charge is 2.32. The molecule has 0 N–H and O–H groups in total. The molecular formula is C19H22O5S. The van der Waals surface area contributed by atoms with Crippen molar-refractivity contribution in [2.75, 3.05) is 28.1 Å². The van der Waals surface area contributed by atoms with E-state index in [0.29, 0.717) is 17.3 Å². The fourth-order valence-corrected chi connectivity index (χ4v) is 3.61. The lowest BCUT2D eigenvalue weighted by Gasteiger charge is -2.29. The van der Waals surface area contributed by atoms with Crippen LogP contribution in [0.3, 0.4) is 0 Å². The second-order valence-corrected chi connectivity index (χ2v) is 6.33. The average Bonchev–Trinajstić information content (AvgIpc) is 3.08. The van der Waals surface area contributed by atoms with E-state index in [0.717, 1.165) is 39.5 Å². The molecule has 1 unspecified atom stereocenters. The Kier molecular flexibility index (Phi) is 4.90. The van der Waals surface area contributed by atoms with Crippen LogP contribution in [-0.2, 0) is 20.6 Å². The molecular weight excluding hydrogens is 340 g/mol. The van der Waals surface area contributed by atoms with Crippen LogP contribution in [0.25, 0.3) is 4.91 Å². The van der Waals surface area contributed by atoms with E-state index >= 15 is 0 Å². The molecule has 6 heteroatoms. The monoisotopic (exact) mass is 362 g/mol. The third-order valence-electron chi connectivity index (χ3n) is 4.64. The maximum absolute atomic E-state index is 5.68. The van der Waals surface area contributed by atoms with Crippen molar-refractivity contribution in [2.45, 2.75) is 13.3 Å². The molecule has 1 aromatic rings. The largest absolute Gasteiger partial charge is 0.496 e. The summed E-state index contributed by atoms with van der Waals surface area (Å²) >= 11 is 4.75. The van der Waals surface area contributed by atoms with E-state index < -0.39 is 0 Å². The number of fused-ring (bicyclic) bond motifs is 2. The van der Waals surface area contributed by atoms with Crippen LogP contribution in [0.5, 0.6) is 11.5 Å². The van der Waals surface area contributed by atoms with E-state index in [1.165, 1.54) is 0 Å². The maximum atomic E-state index is 5.68. The zero-order chi connectivity index (χ0) is 18.1. The van der Waals surface area contributed by atoms with Gasteiger partial charge in [-0.25, -0.2) is 0 Å². The Morgan fingerprint density at radius 1 is 1.12 bits per heavy atom.